The van der Waals surface area contributed by atoms with E-state index in [1.807, 2.05) is 30.3 Å². The maximum atomic E-state index is 12.9. The zero-order chi connectivity index (χ0) is 19.5. The van der Waals surface area contributed by atoms with E-state index >= 15 is 0 Å². The second kappa shape index (κ2) is 7.61. The molecule has 1 unspecified atom stereocenters. The van der Waals surface area contributed by atoms with Gasteiger partial charge in [-0.05, 0) is 12.1 Å². The van der Waals surface area contributed by atoms with Gasteiger partial charge in [0.25, 0.3) is 5.56 Å². The molecule has 1 N–H and O–H groups in total. The number of benzene rings is 1. The van der Waals surface area contributed by atoms with Gasteiger partial charge < -0.3 is 14.2 Å². The molecule has 10 heteroatoms. The Bertz CT molecular complexity index is 1030. The number of morpholine rings is 1. The molecular formula is C18H19N7O3. The maximum absolute atomic E-state index is 12.9. The highest BCUT2D eigenvalue weighted by Gasteiger charge is 2.33. The van der Waals surface area contributed by atoms with Crippen molar-refractivity contribution in [3.63, 3.8) is 0 Å². The van der Waals surface area contributed by atoms with E-state index in [1.165, 1.54) is 23.3 Å². The van der Waals surface area contributed by atoms with Crippen LogP contribution in [0.15, 0.2) is 53.8 Å². The molecule has 4 rings (SSSR count). The van der Waals surface area contributed by atoms with Crippen LogP contribution in [0.2, 0.25) is 0 Å². The number of carbonyl (C=O) groups is 1. The van der Waals surface area contributed by atoms with Crippen LogP contribution in [0.5, 0.6) is 0 Å². The molecule has 0 spiro atoms. The van der Waals surface area contributed by atoms with Crippen LogP contribution in [-0.4, -0.2) is 55.0 Å². The molecule has 1 fully saturated rings. The van der Waals surface area contributed by atoms with Gasteiger partial charge in [-0.25, -0.2) is 19.4 Å². The second-order valence-corrected chi connectivity index (χ2v) is 6.27. The molecule has 2 amide bonds. The summed E-state index contributed by atoms with van der Waals surface area (Å²) in [4.78, 5) is 35.0. The topological polar surface area (TPSA) is 107 Å². The van der Waals surface area contributed by atoms with Crippen molar-refractivity contribution in [2.45, 2.75) is 6.04 Å². The van der Waals surface area contributed by atoms with Gasteiger partial charge in [-0.3, -0.25) is 10.1 Å². The number of hydrogen-bond acceptors (Lipinski definition) is 6. The van der Waals surface area contributed by atoms with Gasteiger partial charge in [-0.15, -0.1) is 0 Å². The van der Waals surface area contributed by atoms with E-state index in [0.29, 0.717) is 19.0 Å². The normalized spacial score (nSPS) is 16.8. The van der Waals surface area contributed by atoms with E-state index in [2.05, 4.69) is 20.4 Å². The minimum Gasteiger partial charge on any atom is -0.377 e. The molecule has 1 aromatic carbocycles. The van der Waals surface area contributed by atoms with Crippen LogP contribution in [0.4, 0.5) is 10.6 Å². The lowest BCUT2D eigenvalue weighted by atomic mass is 10.2. The predicted octanol–water partition coefficient (Wildman–Crippen LogP) is 0.966. The summed E-state index contributed by atoms with van der Waals surface area (Å²) in [7, 11) is 1.60. The molecule has 1 atom stereocenters. The number of aromatic nitrogens is 5. The Morgan fingerprint density at radius 3 is 2.89 bits per heavy atom. The van der Waals surface area contributed by atoms with Crippen LogP contribution in [0.1, 0.15) is 11.9 Å². The number of hydrogen-bond donors (Lipinski definition) is 1. The first-order valence-electron chi connectivity index (χ1n) is 8.77. The summed E-state index contributed by atoms with van der Waals surface area (Å²) in [5.41, 5.74) is 0.452. The number of aryl methyl sites for hydroxylation is 1. The van der Waals surface area contributed by atoms with Crippen molar-refractivity contribution in [1.82, 2.24) is 29.2 Å². The van der Waals surface area contributed by atoms with Crippen molar-refractivity contribution in [2.24, 2.45) is 7.05 Å². The van der Waals surface area contributed by atoms with Crippen LogP contribution in [0, 0.1) is 0 Å². The molecule has 0 aliphatic carbocycles. The van der Waals surface area contributed by atoms with Crippen molar-refractivity contribution in [1.29, 1.82) is 0 Å². The van der Waals surface area contributed by atoms with E-state index in [0.717, 1.165) is 5.69 Å². The first kappa shape index (κ1) is 17.9. The summed E-state index contributed by atoms with van der Waals surface area (Å²) in [5, 5.41) is 6.89. The molecule has 0 saturated carbocycles. The van der Waals surface area contributed by atoms with Crippen LogP contribution in [-0.2, 0) is 11.8 Å². The number of nitrogens with one attached hydrogen (secondary N) is 1. The third-order valence-electron chi connectivity index (χ3n) is 4.50. The molecule has 0 radical (unpaired) electrons. The fourth-order valence-electron chi connectivity index (χ4n) is 3.06. The minimum atomic E-state index is -0.455. The number of rotatable bonds is 3. The monoisotopic (exact) mass is 381 g/mol. The molecule has 1 aliphatic heterocycles. The van der Waals surface area contributed by atoms with E-state index < -0.39 is 12.1 Å². The number of amides is 2. The number of nitrogens with zero attached hydrogens (tertiary/aromatic N) is 6. The predicted molar refractivity (Wildman–Crippen MR) is 100 cm³/mol. The highest BCUT2D eigenvalue weighted by Crippen LogP contribution is 2.25. The highest BCUT2D eigenvalue weighted by atomic mass is 16.5. The Balaban J connectivity index is 1.63. The van der Waals surface area contributed by atoms with Crippen LogP contribution >= 0.6 is 0 Å². The van der Waals surface area contributed by atoms with Gasteiger partial charge >= 0.3 is 6.03 Å². The fraction of sp³-hybridized carbons (Fsp3) is 0.278. The van der Waals surface area contributed by atoms with E-state index in [4.69, 9.17) is 4.74 Å². The highest BCUT2D eigenvalue weighted by molar-refractivity contribution is 5.88. The Kier molecular flexibility index (Phi) is 4.85. The van der Waals surface area contributed by atoms with Crippen molar-refractivity contribution in [2.75, 3.05) is 25.1 Å². The summed E-state index contributed by atoms with van der Waals surface area (Å²) in [6, 6.07) is 8.64. The van der Waals surface area contributed by atoms with Gasteiger partial charge in [-0.1, -0.05) is 18.2 Å². The smallest absolute Gasteiger partial charge is 0.323 e. The number of para-hydroxylation sites is 1. The average Bonchev–Trinajstić information content (AvgIpc) is 3.22. The second-order valence-electron chi connectivity index (χ2n) is 6.27. The Hall–Kier alpha value is -3.53. The van der Waals surface area contributed by atoms with Gasteiger partial charge in [0.2, 0.25) is 5.82 Å². The lowest BCUT2D eigenvalue weighted by Gasteiger charge is -2.34. The van der Waals surface area contributed by atoms with Crippen molar-refractivity contribution in [3.8, 4) is 5.69 Å². The summed E-state index contributed by atoms with van der Waals surface area (Å²) < 4.78 is 8.62. The molecule has 1 aliphatic rings. The van der Waals surface area contributed by atoms with Gasteiger partial charge in [0.05, 0.1) is 18.9 Å². The number of anilines is 1. The summed E-state index contributed by atoms with van der Waals surface area (Å²) in [5.74, 6) is 0.555. The zero-order valence-corrected chi connectivity index (χ0v) is 15.2. The SMILES string of the molecule is Cn1ccnc(NC(=O)N2CCOCC2c2ncnn2-c2ccccc2)c1=O. The molecule has 2 aromatic heterocycles. The molecule has 10 nitrogen and oxygen atoms in total. The van der Waals surface area contributed by atoms with Gasteiger partial charge in [0.15, 0.2) is 5.82 Å². The van der Waals surface area contributed by atoms with Crippen molar-refractivity contribution < 1.29 is 9.53 Å². The molecule has 28 heavy (non-hydrogen) atoms. The largest absolute Gasteiger partial charge is 0.377 e. The summed E-state index contributed by atoms with van der Waals surface area (Å²) in [6.45, 7) is 1.02. The van der Waals surface area contributed by atoms with Gasteiger partial charge in [0, 0.05) is 26.0 Å². The Morgan fingerprint density at radius 2 is 2.07 bits per heavy atom. The standard InChI is InChI=1S/C18H19N7O3/c1-23-8-7-19-15(17(23)26)22-18(27)24-9-10-28-11-14(24)16-20-12-21-25(16)13-5-3-2-4-6-13/h2-8,12,14H,9-11H2,1H3,(H,19,22,27). The molecular weight excluding hydrogens is 362 g/mol. The Morgan fingerprint density at radius 1 is 1.25 bits per heavy atom. The van der Waals surface area contributed by atoms with E-state index in [1.54, 1.807) is 16.6 Å². The average molecular weight is 381 g/mol. The van der Waals surface area contributed by atoms with E-state index in [-0.39, 0.29) is 18.0 Å². The third kappa shape index (κ3) is 3.37. The van der Waals surface area contributed by atoms with Crippen molar-refractivity contribution in [3.05, 3.63) is 65.2 Å². The number of carbonyl (C=O) groups excluding carboxylic acids is 1. The summed E-state index contributed by atoms with van der Waals surface area (Å²) >= 11 is 0. The Labute approximate surface area is 160 Å². The number of ether oxygens (including phenoxy) is 1. The van der Waals surface area contributed by atoms with Crippen LogP contribution in [0.3, 0.4) is 0 Å². The quantitative estimate of drug-likeness (QED) is 0.724. The molecule has 144 valence electrons. The molecule has 3 aromatic rings. The van der Waals surface area contributed by atoms with Crippen LogP contribution < -0.4 is 10.9 Å². The maximum Gasteiger partial charge on any atom is 0.323 e. The first-order chi connectivity index (χ1) is 13.6. The molecule has 1 saturated heterocycles. The third-order valence-corrected chi connectivity index (χ3v) is 4.50. The van der Waals surface area contributed by atoms with Crippen molar-refractivity contribution >= 4 is 11.8 Å². The fourth-order valence-corrected chi connectivity index (χ4v) is 3.06. The number of urea groups is 1. The van der Waals surface area contributed by atoms with Gasteiger partial charge in [0.1, 0.15) is 12.4 Å². The first-order valence-corrected chi connectivity index (χ1v) is 8.77. The van der Waals surface area contributed by atoms with Gasteiger partial charge in [-0.2, -0.15) is 5.10 Å². The van der Waals surface area contributed by atoms with Crippen LogP contribution in [0.25, 0.3) is 5.69 Å². The lowest BCUT2D eigenvalue weighted by molar-refractivity contribution is 0.0110. The van der Waals surface area contributed by atoms with E-state index in [9.17, 15) is 9.59 Å². The summed E-state index contributed by atoms with van der Waals surface area (Å²) in [6.07, 6.45) is 4.43. The lowest BCUT2D eigenvalue weighted by Crippen LogP contribution is -2.47. The molecule has 3 heterocycles. The minimum absolute atomic E-state index is 0.0234. The zero-order valence-electron chi connectivity index (χ0n) is 15.2. The molecule has 0 bridgehead atoms.